The summed E-state index contributed by atoms with van der Waals surface area (Å²) < 4.78 is 0. The first-order valence-electron chi connectivity index (χ1n) is 8.95. The van der Waals surface area contributed by atoms with Gasteiger partial charge in [-0.1, -0.05) is 12.1 Å². The molecule has 0 aliphatic carbocycles. The lowest BCUT2D eigenvalue weighted by Crippen LogP contribution is -2.35. The minimum atomic E-state index is -0.319. The van der Waals surface area contributed by atoms with E-state index in [1.165, 1.54) is 43.6 Å². The van der Waals surface area contributed by atoms with E-state index in [0.717, 1.165) is 31.5 Å². The lowest BCUT2D eigenvalue weighted by molar-refractivity contribution is 0.149. The van der Waals surface area contributed by atoms with Gasteiger partial charge in [0.1, 0.15) is 0 Å². The second-order valence-corrected chi connectivity index (χ2v) is 7.13. The van der Waals surface area contributed by atoms with Crippen LogP contribution in [0.5, 0.6) is 0 Å². The van der Waals surface area contributed by atoms with E-state index in [1.54, 1.807) is 0 Å². The SMILES string of the molecule is CC(C)N1CCCc2cc(C(O)CCN3CCCC3)ccc21. The largest absolute Gasteiger partial charge is 0.388 e. The van der Waals surface area contributed by atoms with Gasteiger partial charge in [0.25, 0.3) is 0 Å². The van der Waals surface area contributed by atoms with Gasteiger partial charge in [0.2, 0.25) is 0 Å². The molecule has 3 rings (SSSR count). The summed E-state index contributed by atoms with van der Waals surface area (Å²) >= 11 is 0. The monoisotopic (exact) mass is 302 g/mol. The minimum absolute atomic E-state index is 0.319. The fraction of sp³-hybridized carbons (Fsp3) is 0.684. The van der Waals surface area contributed by atoms with Crippen LogP contribution in [0.1, 0.15) is 56.8 Å². The van der Waals surface area contributed by atoms with Crippen molar-refractivity contribution in [3.63, 3.8) is 0 Å². The molecular formula is C19H30N2O. The van der Waals surface area contributed by atoms with Crippen LogP contribution in [0.2, 0.25) is 0 Å². The molecule has 0 saturated carbocycles. The minimum Gasteiger partial charge on any atom is -0.388 e. The normalized spacial score (nSPS) is 20.5. The summed E-state index contributed by atoms with van der Waals surface area (Å²) in [5, 5.41) is 10.5. The van der Waals surface area contributed by atoms with E-state index in [1.807, 2.05) is 0 Å². The molecule has 2 heterocycles. The molecule has 22 heavy (non-hydrogen) atoms. The zero-order valence-electron chi connectivity index (χ0n) is 14.1. The zero-order valence-corrected chi connectivity index (χ0v) is 14.1. The van der Waals surface area contributed by atoms with Gasteiger partial charge >= 0.3 is 0 Å². The highest BCUT2D eigenvalue weighted by molar-refractivity contribution is 5.57. The molecule has 0 amide bonds. The van der Waals surface area contributed by atoms with E-state index in [9.17, 15) is 5.11 Å². The highest BCUT2D eigenvalue weighted by Crippen LogP contribution is 2.31. The van der Waals surface area contributed by atoms with Crippen LogP contribution in [0.3, 0.4) is 0 Å². The van der Waals surface area contributed by atoms with E-state index >= 15 is 0 Å². The van der Waals surface area contributed by atoms with Gasteiger partial charge in [-0.3, -0.25) is 0 Å². The molecule has 1 N–H and O–H groups in total. The van der Waals surface area contributed by atoms with Crippen molar-refractivity contribution in [1.29, 1.82) is 0 Å². The highest BCUT2D eigenvalue weighted by atomic mass is 16.3. The predicted molar refractivity (Wildman–Crippen MR) is 92.5 cm³/mol. The smallest absolute Gasteiger partial charge is 0.0802 e. The number of fused-ring (bicyclic) bond motifs is 1. The molecule has 0 radical (unpaired) electrons. The average molecular weight is 302 g/mol. The maximum Gasteiger partial charge on any atom is 0.0802 e. The number of likely N-dealkylation sites (tertiary alicyclic amines) is 1. The second-order valence-electron chi connectivity index (χ2n) is 7.13. The van der Waals surface area contributed by atoms with E-state index < -0.39 is 0 Å². The lowest BCUT2D eigenvalue weighted by atomic mass is 9.95. The molecule has 1 atom stereocenters. The Bertz CT molecular complexity index is 494. The molecule has 1 aromatic rings. The summed E-state index contributed by atoms with van der Waals surface area (Å²) in [4.78, 5) is 4.96. The van der Waals surface area contributed by atoms with E-state index in [0.29, 0.717) is 6.04 Å². The molecule has 2 aliphatic heterocycles. The van der Waals surface area contributed by atoms with Crippen LogP contribution in [0.25, 0.3) is 0 Å². The van der Waals surface area contributed by atoms with Gasteiger partial charge in [-0.15, -0.1) is 0 Å². The maximum atomic E-state index is 10.5. The fourth-order valence-corrected chi connectivity index (χ4v) is 3.87. The second kappa shape index (κ2) is 7.01. The first-order chi connectivity index (χ1) is 10.6. The van der Waals surface area contributed by atoms with Crippen molar-refractivity contribution < 1.29 is 5.11 Å². The van der Waals surface area contributed by atoms with E-state index in [-0.39, 0.29) is 6.10 Å². The van der Waals surface area contributed by atoms with Crippen molar-refractivity contribution in [3.05, 3.63) is 29.3 Å². The van der Waals surface area contributed by atoms with Gasteiger partial charge in [-0.25, -0.2) is 0 Å². The van der Waals surface area contributed by atoms with Crippen molar-refractivity contribution >= 4 is 5.69 Å². The summed E-state index contributed by atoms with van der Waals surface area (Å²) in [6.45, 7) is 9.11. The number of hydrogen-bond donors (Lipinski definition) is 1. The quantitative estimate of drug-likeness (QED) is 0.903. The number of aryl methyl sites for hydroxylation is 1. The van der Waals surface area contributed by atoms with Gasteiger partial charge < -0.3 is 14.9 Å². The molecular weight excluding hydrogens is 272 g/mol. The Hall–Kier alpha value is -1.06. The summed E-state index contributed by atoms with van der Waals surface area (Å²) in [5.74, 6) is 0. The van der Waals surface area contributed by atoms with Crippen molar-refractivity contribution in [1.82, 2.24) is 4.90 Å². The van der Waals surface area contributed by atoms with Crippen LogP contribution < -0.4 is 4.90 Å². The average Bonchev–Trinajstić information content (AvgIpc) is 3.04. The molecule has 0 spiro atoms. The highest BCUT2D eigenvalue weighted by Gasteiger charge is 2.21. The molecule has 122 valence electrons. The Morgan fingerprint density at radius 3 is 2.59 bits per heavy atom. The van der Waals surface area contributed by atoms with Crippen molar-refractivity contribution in [3.8, 4) is 0 Å². The predicted octanol–water partition coefficient (Wildman–Crippen LogP) is 3.37. The molecule has 0 bridgehead atoms. The topological polar surface area (TPSA) is 26.7 Å². The van der Waals surface area contributed by atoms with Gasteiger partial charge in [0.05, 0.1) is 6.10 Å². The van der Waals surface area contributed by atoms with Crippen LogP contribution >= 0.6 is 0 Å². The number of benzene rings is 1. The molecule has 2 aliphatic rings. The molecule has 0 aromatic heterocycles. The Morgan fingerprint density at radius 1 is 1.09 bits per heavy atom. The summed E-state index contributed by atoms with van der Waals surface area (Å²) in [7, 11) is 0. The van der Waals surface area contributed by atoms with Crippen molar-refractivity contribution in [2.75, 3.05) is 31.1 Å². The molecule has 1 aromatic carbocycles. The van der Waals surface area contributed by atoms with Gasteiger partial charge in [-0.2, -0.15) is 0 Å². The van der Waals surface area contributed by atoms with Gasteiger partial charge in [0, 0.05) is 24.8 Å². The number of aliphatic hydroxyl groups excluding tert-OH is 1. The molecule has 3 heteroatoms. The third kappa shape index (κ3) is 3.47. The Balaban J connectivity index is 1.67. The molecule has 1 unspecified atom stereocenters. The summed E-state index contributed by atoms with van der Waals surface area (Å²) in [6.07, 6.45) is 5.54. The zero-order chi connectivity index (χ0) is 15.5. The third-order valence-corrected chi connectivity index (χ3v) is 5.18. The maximum absolute atomic E-state index is 10.5. The molecule has 1 fully saturated rings. The van der Waals surface area contributed by atoms with Crippen LogP contribution in [-0.4, -0.2) is 42.2 Å². The molecule has 3 nitrogen and oxygen atoms in total. The summed E-state index contributed by atoms with van der Waals surface area (Å²) in [5.41, 5.74) is 3.89. The van der Waals surface area contributed by atoms with E-state index in [4.69, 9.17) is 0 Å². The lowest BCUT2D eigenvalue weighted by Gasteiger charge is -2.35. The Labute approximate surface area is 134 Å². The Kier molecular flexibility index (Phi) is 5.04. The first-order valence-corrected chi connectivity index (χ1v) is 8.95. The van der Waals surface area contributed by atoms with Crippen LogP contribution in [0.4, 0.5) is 5.69 Å². The van der Waals surface area contributed by atoms with Crippen LogP contribution in [0.15, 0.2) is 18.2 Å². The first kappa shape index (κ1) is 15.8. The number of hydrogen-bond acceptors (Lipinski definition) is 3. The number of anilines is 1. The number of aliphatic hydroxyl groups is 1. The van der Waals surface area contributed by atoms with Crippen LogP contribution in [0, 0.1) is 0 Å². The van der Waals surface area contributed by atoms with Gasteiger partial charge in [0.15, 0.2) is 0 Å². The van der Waals surface area contributed by atoms with Crippen molar-refractivity contribution in [2.45, 2.75) is 58.1 Å². The Morgan fingerprint density at radius 2 is 1.86 bits per heavy atom. The fourth-order valence-electron chi connectivity index (χ4n) is 3.87. The summed E-state index contributed by atoms with van der Waals surface area (Å²) in [6, 6.07) is 7.15. The molecule has 1 saturated heterocycles. The van der Waals surface area contributed by atoms with Gasteiger partial charge in [-0.05, 0) is 76.2 Å². The van der Waals surface area contributed by atoms with Crippen LogP contribution in [-0.2, 0) is 6.42 Å². The number of nitrogens with zero attached hydrogens (tertiary/aromatic N) is 2. The van der Waals surface area contributed by atoms with Crippen molar-refractivity contribution in [2.24, 2.45) is 0 Å². The van der Waals surface area contributed by atoms with E-state index in [2.05, 4.69) is 41.8 Å². The number of rotatable bonds is 5. The third-order valence-electron chi connectivity index (χ3n) is 5.18. The standard InChI is InChI=1S/C19H30N2O/c1-15(2)21-12-5-6-16-14-17(7-8-18(16)21)19(22)9-13-20-10-3-4-11-20/h7-8,14-15,19,22H,3-6,9-13H2,1-2H3.